The van der Waals surface area contributed by atoms with Gasteiger partial charge in [-0.3, -0.25) is 9.89 Å². The molecule has 0 spiro atoms. The van der Waals surface area contributed by atoms with Crippen molar-refractivity contribution >= 4 is 5.91 Å². The molecule has 106 valence electrons. The maximum atomic E-state index is 12.9. The van der Waals surface area contributed by atoms with E-state index in [-0.39, 0.29) is 12.5 Å². The molecule has 1 amide bonds. The van der Waals surface area contributed by atoms with E-state index in [1.807, 2.05) is 0 Å². The molecule has 0 unspecified atom stereocenters. The van der Waals surface area contributed by atoms with Crippen LogP contribution in [0.1, 0.15) is 12.2 Å². The number of hydrogen-bond donors (Lipinski definition) is 2. The number of aromatic nitrogens is 3. The molecule has 1 aromatic heterocycles. The van der Waals surface area contributed by atoms with Crippen LogP contribution < -0.4 is 10.1 Å². The smallest absolute Gasteiger partial charge is 0.257 e. The van der Waals surface area contributed by atoms with Gasteiger partial charge in [0.2, 0.25) is 0 Å². The van der Waals surface area contributed by atoms with Crippen LogP contribution in [-0.4, -0.2) is 34.2 Å². The minimum Gasteiger partial charge on any atom is -0.484 e. The van der Waals surface area contributed by atoms with Gasteiger partial charge in [-0.15, -0.1) is 0 Å². The monoisotopic (exact) mass is 278 g/mol. The van der Waals surface area contributed by atoms with Gasteiger partial charge in [0, 0.05) is 19.0 Å². The molecule has 0 radical (unpaired) electrons. The Balaban J connectivity index is 1.61. The zero-order valence-electron chi connectivity index (χ0n) is 10.8. The van der Waals surface area contributed by atoms with Gasteiger partial charge in [-0.05, 0) is 18.6 Å². The molecule has 0 saturated carbocycles. The van der Waals surface area contributed by atoms with E-state index in [9.17, 15) is 9.18 Å². The van der Waals surface area contributed by atoms with E-state index in [1.165, 1.54) is 24.5 Å². The molecule has 1 heterocycles. The van der Waals surface area contributed by atoms with Gasteiger partial charge in [-0.1, -0.05) is 6.07 Å². The Hall–Kier alpha value is -2.44. The van der Waals surface area contributed by atoms with Crippen LogP contribution in [0.4, 0.5) is 4.39 Å². The third-order valence-electron chi connectivity index (χ3n) is 2.54. The largest absolute Gasteiger partial charge is 0.484 e. The van der Waals surface area contributed by atoms with Gasteiger partial charge < -0.3 is 10.1 Å². The number of aryl methyl sites for hydroxylation is 1. The quantitative estimate of drug-likeness (QED) is 0.742. The lowest BCUT2D eigenvalue weighted by Gasteiger charge is -2.07. The second-order valence-electron chi connectivity index (χ2n) is 4.13. The summed E-state index contributed by atoms with van der Waals surface area (Å²) in [5.41, 5.74) is 0. The van der Waals surface area contributed by atoms with Gasteiger partial charge in [-0.2, -0.15) is 5.10 Å². The fraction of sp³-hybridized carbons (Fsp3) is 0.308. The lowest BCUT2D eigenvalue weighted by Crippen LogP contribution is -2.30. The van der Waals surface area contributed by atoms with Crippen molar-refractivity contribution in [2.45, 2.75) is 12.8 Å². The molecule has 6 nitrogen and oxygen atoms in total. The third-order valence-corrected chi connectivity index (χ3v) is 2.54. The van der Waals surface area contributed by atoms with Gasteiger partial charge >= 0.3 is 0 Å². The van der Waals surface area contributed by atoms with Crippen LogP contribution >= 0.6 is 0 Å². The van der Waals surface area contributed by atoms with Crippen LogP contribution in [0.2, 0.25) is 0 Å². The van der Waals surface area contributed by atoms with Gasteiger partial charge in [0.1, 0.15) is 23.7 Å². The number of amides is 1. The van der Waals surface area contributed by atoms with Gasteiger partial charge in [0.15, 0.2) is 6.61 Å². The summed E-state index contributed by atoms with van der Waals surface area (Å²) in [5, 5.41) is 9.19. The lowest BCUT2D eigenvalue weighted by atomic mass is 10.3. The van der Waals surface area contributed by atoms with E-state index >= 15 is 0 Å². The highest BCUT2D eigenvalue weighted by atomic mass is 19.1. The molecule has 0 atom stereocenters. The summed E-state index contributed by atoms with van der Waals surface area (Å²) in [6.45, 7) is 0.387. The van der Waals surface area contributed by atoms with Crippen molar-refractivity contribution in [1.29, 1.82) is 0 Å². The molecule has 1 aromatic carbocycles. The first kappa shape index (κ1) is 14.0. The molecule has 0 bridgehead atoms. The normalized spacial score (nSPS) is 10.2. The summed E-state index contributed by atoms with van der Waals surface area (Å²) in [6.07, 6.45) is 2.91. The molecule has 0 aliphatic rings. The fourth-order valence-corrected chi connectivity index (χ4v) is 1.59. The van der Waals surface area contributed by atoms with Crippen LogP contribution in [0.15, 0.2) is 30.6 Å². The lowest BCUT2D eigenvalue weighted by molar-refractivity contribution is -0.123. The number of aromatic amines is 1. The van der Waals surface area contributed by atoms with E-state index in [0.29, 0.717) is 18.7 Å². The summed E-state index contributed by atoms with van der Waals surface area (Å²) in [5.74, 6) is 0.485. The minimum absolute atomic E-state index is 0.133. The number of H-pyrrole nitrogens is 1. The first-order chi connectivity index (χ1) is 9.74. The molecule has 20 heavy (non-hydrogen) atoms. The summed E-state index contributed by atoms with van der Waals surface area (Å²) >= 11 is 0. The number of rotatable bonds is 7. The van der Waals surface area contributed by atoms with Crippen molar-refractivity contribution in [3.05, 3.63) is 42.2 Å². The number of benzene rings is 1. The van der Waals surface area contributed by atoms with E-state index in [0.717, 1.165) is 12.2 Å². The van der Waals surface area contributed by atoms with Crippen molar-refractivity contribution in [3.8, 4) is 5.75 Å². The SMILES string of the molecule is O=C(COc1cccc(F)c1)NCCCc1ncn[nH]1. The zero-order chi connectivity index (χ0) is 14.2. The van der Waals surface area contributed by atoms with E-state index in [1.54, 1.807) is 6.07 Å². The number of halogens is 1. The number of carbonyl (C=O) groups is 1. The molecule has 0 aliphatic heterocycles. The third kappa shape index (κ3) is 4.68. The minimum atomic E-state index is -0.394. The second kappa shape index (κ2) is 7.22. The number of nitrogens with one attached hydrogen (secondary N) is 2. The van der Waals surface area contributed by atoms with Crippen molar-refractivity contribution in [1.82, 2.24) is 20.5 Å². The Bertz CT molecular complexity index is 545. The zero-order valence-corrected chi connectivity index (χ0v) is 10.8. The maximum absolute atomic E-state index is 12.9. The van der Waals surface area contributed by atoms with Crippen molar-refractivity contribution in [3.63, 3.8) is 0 Å². The first-order valence-electron chi connectivity index (χ1n) is 6.23. The Morgan fingerprint density at radius 2 is 2.35 bits per heavy atom. The van der Waals surface area contributed by atoms with Crippen molar-refractivity contribution in [2.24, 2.45) is 0 Å². The van der Waals surface area contributed by atoms with Crippen LogP contribution in [0.25, 0.3) is 0 Å². The molecule has 0 fully saturated rings. The molecular formula is C13H15FN4O2. The Morgan fingerprint density at radius 1 is 1.45 bits per heavy atom. The van der Waals surface area contributed by atoms with E-state index in [4.69, 9.17) is 4.74 Å². The number of nitrogens with zero attached hydrogens (tertiary/aromatic N) is 2. The number of hydrogen-bond acceptors (Lipinski definition) is 4. The fourth-order valence-electron chi connectivity index (χ4n) is 1.59. The topological polar surface area (TPSA) is 79.9 Å². The summed E-state index contributed by atoms with van der Waals surface area (Å²) in [7, 11) is 0. The predicted octanol–water partition coefficient (Wildman–Crippen LogP) is 1.07. The highest BCUT2D eigenvalue weighted by molar-refractivity contribution is 5.77. The summed E-state index contributed by atoms with van der Waals surface area (Å²) < 4.78 is 18.1. The number of ether oxygens (including phenoxy) is 1. The molecule has 7 heteroatoms. The highest BCUT2D eigenvalue weighted by Gasteiger charge is 2.03. The van der Waals surface area contributed by atoms with Crippen LogP contribution in [0.3, 0.4) is 0 Å². The Kier molecular flexibility index (Phi) is 5.05. The average molecular weight is 278 g/mol. The molecule has 0 saturated heterocycles. The van der Waals surface area contributed by atoms with Gasteiger partial charge in [-0.25, -0.2) is 9.37 Å². The average Bonchev–Trinajstić information content (AvgIpc) is 2.95. The molecule has 2 rings (SSSR count). The Morgan fingerprint density at radius 3 is 3.10 bits per heavy atom. The van der Waals surface area contributed by atoms with Crippen LogP contribution in [0.5, 0.6) is 5.75 Å². The molecule has 2 aromatic rings. The number of carbonyl (C=O) groups excluding carboxylic acids is 1. The Labute approximate surface area is 115 Å². The van der Waals surface area contributed by atoms with E-state index in [2.05, 4.69) is 20.5 Å². The highest BCUT2D eigenvalue weighted by Crippen LogP contribution is 2.11. The van der Waals surface area contributed by atoms with Gasteiger partial charge in [0.05, 0.1) is 0 Å². The van der Waals surface area contributed by atoms with Gasteiger partial charge in [0.25, 0.3) is 5.91 Å². The van der Waals surface area contributed by atoms with Crippen molar-refractivity contribution < 1.29 is 13.9 Å². The molecule has 2 N–H and O–H groups in total. The van der Waals surface area contributed by atoms with Crippen LogP contribution in [-0.2, 0) is 11.2 Å². The van der Waals surface area contributed by atoms with E-state index < -0.39 is 5.82 Å². The standard InChI is InChI=1S/C13H15FN4O2/c14-10-3-1-4-11(7-10)20-8-13(19)15-6-2-5-12-16-9-17-18-12/h1,3-4,7,9H,2,5-6,8H2,(H,15,19)(H,16,17,18). The first-order valence-corrected chi connectivity index (χ1v) is 6.23. The molecular weight excluding hydrogens is 263 g/mol. The summed E-state index contributed by atoms with van der Waals surface area (Å²) in [6, 6.07) is 5.67. The second-order valence-corrected chi connectivity index (χ2v) is 4.13. The van der Waals surface area contributed by atoms with Crippen LogP contribution in [0, 0.1) is 5.82 Å². The summed E-state index contributed by atoms with van der Waals surface area (Å²) in [4.78, 5) is 15.5. The predicted molar refractivity (Wildman–Crippen MR) is 69.6 cm³/mol. The maximum Gasteiger partial charge on any atom is 0.257 e. The molecule has 0 aliphatic carbocycles. The van der Waals surface area contributed by atoms with Crippen molar-refractivity contribution in [2.75, 3.05) is 13.2 Å².